The van der Waals surface area contributed by atoms with Gasteiger partial charge in [-0.05, 0) is 64.4 Å². The van der Waals surface area contributed by atoms with Crippen LogP contribution >= 0.6 is 0 Å². The van der Waals surface area contributed by atoms with Crippen molar-refractivity contribution in [2.75, 3.05) is 0 Å². The fraction of sp³-hybridized carbons (Fsp3) is 0. The highest BCUT2D eigenvalue weighted by Crippen LogP contribution is 2.40. The molecule has 0 N–H and O–H groups in total. The first-order valence-electron chi connectivity index (χ1n) is 17.7. The van der Waals surface area contributed by atoms with E-state index in [0.717, 1.165) is 50.0 Å². The molecule has 0 saturated heterocycles. The Hall–Kier alpha value is -7.04. The summed E-state index contributed by atoms with van der Waals surface area (Å²) in [5.41, 5.74) is 10.8. The molecule has 3 heterocycles. The lowest BCUT2D eigenvalue weighted by Gasteiger charge is -2.13. The second-order valence-corrected chi connectivity index (χ2v) is 13.4. The topological polar surface area (TPSA) is 35.6 Å². The Morgan fingerprint density at radius 3 is 1.85 bits per heavy atom. The summed E-state index contributed by atoms with van der Waals surface area (Å²) in [4.78, 5) is 10.8. The van der Waals surface area contributed by atoms with Gasteiger partial charge in [0, 0.05) is 38.2 Å². The fourth-order valence-electron chi connectivity index (χ4n) is 8.17. The zero-order valence-corrected chi connectivity index (χ0v) is 28.1. The highest BCUT2D eigenvalue weighted by atomic mass is 15.2. The number of fused-ring (bicyclic) bond motifs is 9. The van der Waals surface area contributed by atoms with Crippen molar-refractivity contribution in [2.45, 2.75) is 0 Å². The van der Waals surface area contributed by atoms with Crippen LogP contribution in [0.1, 0.15) is 0 Å². The molecule has 0 atom stereocenters. The van der Waals surface area contributed by atoms with Crippen LogP contribution in [-0.4, -0.2) is 19.1 Å². The van der Waals surface area contributed by atoms with Gasteiger partial charge in [-0.3, -0.25) is 4.57 Å². The summed E-state index contributed by atoms with van der Waals surface area (Å²) in [6, 6.07) is 64.9. The summed E-state index contributed by atoms with van der Waals surface area (Å²) in [7, 11) is 0. The number of benzene rings is 8. The lowest BCUT2D eigenvalue weighted by Crippen LogP contribution is -2.03. The summed E-state index contributed by atoms with van der Waals surface area (Å²) < 4.78 is 4.63. The molecule has 0 aliphatic rings. The average molecular weight is 663 g/mol. The maximum Gasteiger partial charge on any atom is 0.235 e. The first-order valence-corrected chi connectivity index (χ1v) is 17.7. The lowest BCUT2D eigenvalue weighted by atomic mass is 10.0. The summed E-state index contributed by atoms with van der Waals surface area (Å²) in [5, 5.41) is 8.28. The lowest BCUT2D eigenvalue weighted by molar-refractivity contribution is 1.01. The zero-order valence-electron chi connectivity index (χ0n) is 28.1. The van der Waals surface area contributed by atoms with E-state index in [9.17, 15) is 0 Å². The quantitative estimate of drug-likeness (QED) is 0.188. The van der Waals surface area contributed by atoms with E-state index in [4.69, 9.17) is 9.97 Å². The van der Waals surface area contributed by atoms with E-state index in [1.807, 2.05) is 0 Å². The monoisotopic (exact) mass is 662 g/mol. The molecule has 11 aromatic rings. The van der Waals surface area contributed by atoms with Crippen molar-refractivity contribution in [3.63, 3.8) is 0 Å². The van der Waals surface area contributed by atoms with Gasteiger partial charge in [0.05, 0.1) is 33.3 Å². The predicted octanol–water partition coefficient (Wildman–Crippen LogP) is 12.3. The smallest absolute Gasteiger partial charge is 0.235 e. The summed E-state index contributed by atoms with van der Waals surface area (Å²) >= 11 is 0. The van der Waals surface area contributed by atoms with Crippen molar-refractivity contribution >= 4 is 65.3 Å². The molecule has 0 spiro atoms. The maximum absolute atomic E-state index is 5.50. The Bertz CT molecular complexity index is 3170. The van der Waals surface area contributed by atoms with E-state index in [0.29, 0.717) is 5.95 Å². The summed E-state index contributed by atoms with van der Waals surface area (Å²) in [6.07, 6.45) is 0. The first kappa shape index (κ1) is 28.8. The molecule has 0 unspecified atom stereocenters. The molecule has 0 aliphatic carbocycles. The Morgan fingerprint density at radius 2 is 0.981 bits per heavy atom. The van der Waals surface area contributed by atoms with Crippen LogP contribution in [0.4, 0.5) is 0 Å². The Labute approximate surface area is 299 Å². The zero-order chi connectivity index (χ0) is 34.2. The van der Waals surface area contributed by atoms with E-state index in [1.54, 1.807) is 0 Å². The van der Waals surface area contributed by atoms with Crippen LogP contribution in [0.25, 0.3) is 99.3 Å². The molecule has 4 nitrogen and oxygen atoms in total. The van der Waals surface area contributed by atoms with Crippen molar-refractivity contribution < 1.29 is 0 Å². The molecular weight excluding hydrogens is 633 g/mol. The number of hydrogen-bond donors (Lipinski definition) is 0. The van der Waals surface area contributed by atoms with E-state index >= 15 is 0 Å². The molecule has 242 valence electrons. The van der Waals surface area contributed by atoms with Gasteiger partial charge in [0.2, 0.25) is 5.95 Å². The van der Waals surface area contributed by atoms with Crippen LogP contribution in [0.3, 0.4) is 0 Å². The van der Waals surface area contributed by atoms with Crippen molar-refractivity contribution in [3.05, 3.63) is 182 Å². The molecule has 52 heavy (non-hydrogen) atoms. The van der Waals surface area contributed by atoms with Crippen LogP contribution in [0.5, 0.6) is 0 Å². The molecule has 0 aliphatic heterocycles. The van der Waals surface area contributed by atoms with Gasteiger partial charge in [-0.25, -0.2) is 9.97 Å². The number of hydrogen-bond acceptors (Lipinski definition) is 2. The highest BCUT2D eigenvalue weighted by molar-refractivity contribution is 6.21. The molecule has 0 radical (unpaired) electrons. The molecule has 3 aromatic heterocycles. The minimum absolute atomic E-state index is 0.651. The number of para-hydroxylation sites is 3. The second kappa shape index (κ2) is 11.2. The Kier molecular flexibility index (Phi) is 6.22. The van der Waals surface area contributed by atoms with Crippen molar-refractivity contribution in [2.24, 2.45) is 0 Å². The normalized spacial score (nSPS) is 11.8. The van der Waals surface area contributed by atoms with Gasteiger partial charge in [-0.2, -0.15) is 0 Å². The Morgan fingerprint density at radius 1 is 0.346 bits per heavy atom. The number of rotatable bonds is 4. The molecule has 0 amide bonds. The third-order valence-electron chi connectivity index (χ3n) is 10.5. The standard InChI is InChI=1S/C48H30N4/c1-3-13-31(14-4-1)33-23-27-40-45(29-33)52(43-28-25-32-15-7-8-18-36(32)46(40)43)48-49-41-21-11-9-20-39(41)47(50-48)34-24-26-38-37-19-10-12-22-42(37)51(44(38)30-34)35-16-5-2-6-17-35/h1-30H. The van der Waals surface area contributed by atoms with Crippen LogP contribution in [0.2, 0.25) is 0 Å². The fourth-order valence-corrected chi connectivity index (χ4v) is 8.17. The van der Waals surface area contributed by atoms with Gasteiger partial charge in [0.25, 0.3) is 0 Å². The van der Waals surface area contributed by atoms with Gasteiger partial charge in [0.15, 0.2) is 0 Å². The van der Waals surface area contributed by atoms with Gasteiger partial charge < -0.3 is 4.57 Å². The van der Waals surface area contributed by atoms with E-state index < -0.39 is 0 Å². The van der Waals surface area contributed by atoms with Crippen LogP contribution in [0.15, 0.2) is 182 Å². The molecule has 8 aromatic carbocycles. The molecule has 11 rings (SSSR count). The first-order chi connectivity index (χ1) is 25.8. The second-order valence-electron chi connectivity index (χ2n) is 13.4. The SMILES string of the molecule is c1ccc(-c2ccc3c4c5ccccc5ccc4n(-c4nc(-c5ccc6c7ccccc7n(-c7ccccc7)c6c5)c5ccccc5n4)c3c2)cc1. The Balaban J connectivity index is 1.22. The largest absolute Gasteiger partial charge is 0.309 e. The third kappa shape index (κ3) is 4.28. The number of nitrogens with zero attached hydrogens (tertiary/aromatic N) is 4. The predicted molar refractivity (Wildman–Crippen MR) is 217 cm³/mol. The van der Waals surface area contributed by atoms with Gasteiger partial charge in [0.1, 0.15) is 0 Å². The molecular formula is C48H30N4. The molecule has 0 fully saturated rings. The van der Waals surface area contributed by atoms with Gasteiger partial charge in [-0.1, -0.05) is 140 Å². The number of aromatic nitrogens is 4. The molecule has 0 saturated carbocycles. The van der Waals surface area contributed by atoms with Crippen LogP contribution in [-0.2, 0) is 0 Å². The van der Waals surface area contributed by atoms with Gasteiger partial charge in [-0.15, -0.1) is 0 Å². The molecule has 4 heteroatoms. The maximum atomic E-state index is 5.50. The van der Waals surface area contributed by atoms with Crippen molar-refractivity contribution in [3.8, 4) is 34.0 Å². The average Bonchev–Trinajstić information content (AvgIpc) is 3.73. The van der Waals surface area contributed by atoms with Crippen molar-refractivity contribution in [1.29, 1.82) is 0 Å². The van der Waals surface area contributed by atoms with E-state index in [1.165, 1.54) is 43.4 Å². The molecule has 0 bridgehead atoms. The summed E-state index contributed by atoms with van der Waals surface area (Å²) in [5.74, 6) is 0.651. The minimum Gasteiger partial charge on any atom is -0.309 e. The van der Waals surface area contributed by atoms with Crippen molar-refractivity contribution in [1.82, 2.24) is 19.1 Å². The summed E-state index contributed by atoms with van der Waals surface area (Å²) in [6.45, 7) is 0. The van der Waals surface area contributed by atoms with E-state index in [-0.39, 0.29) is 0 Å². The highest BCUT2D eigenvalue weighted by Gasteiger charge is 2.20. The minimum atomic E-state index is 0.651. The van der Waals surface area contributed by atoms with Crippen LogP contribution < -0.4 is 0 Å². The van der Waals surface area contributed by atoms with Gasteiger partial charge >= 0.3 is 0 Å². The third-order valence-corrected chi connectivity index (χ3v) is 10.5. The van der Waals surface area contributed by atoms with E-state index in [2.05, 4.69) is 191 Å². The van der Waals surface area contributed by atoms with Crippen LogP contribution in [0, 0.1) is 0 Å².